The molecule has 2 aliphatic heterocycles. The van der Waals surface area contributed by atoms with Crippen LogP contribution in [0.5, 0.6) is 0 Å². The van der Waals surface area contributed by atoms with E-state index in [0.717, 1.165) is 30.8 Å². The summed E-state index contributed by atoms with van der Waals surface area (Å²) in [4.78, 5) is 2.25. The Morgan fingerprint density at radius 2 is 1.57 bits per heavy atom. The Bertz CT molecular complexity index is 188. The van der Waals surface area contributed by atoms with Gasteiger partial charge in [-0.1, -0.05) is 0 Å². The molecule has 0 atom stereocenters. The topological polar surface area (TPSA) is 27.1 Å². The van der Waals surface area contributed by atoms with Crippen molar-refractivity contribution in [2.24, 2.45) is 11.8 Å². The highest BCUT2D eigenvalue weighted by Gasteiger charge is 2.29. The van der Waals surface area contributed by atoms with Gasteiger partial charge in [0.25, 0.3) is 0 Å². The average Bonchev–Trinajstić information content (AvgIpc) is 2.49. The smallest absolute Gasteiger partial charge is 0.106 e. The third kappa shape index (κ3) is 2.57. The van der Waals surface area contributed by atoms with Crippen molar-refractivity contribution in [1.29, 1.82) is 5.41 Å². The highest BCUT2D eigenvalue weighted by Crippen LogP contribution is 2.33. The number of nitrogens with zero attached hydrogens (tertiary/aromatic N) is 1. The van der Waals surface area contributed by atoms with E-state index in [4.69, 9.17) is 5.41 Å². The molecule has 4 heteroatoms. The third-order valence-electron chi connectivity index (χ3n) is 3.45. The normalized spacial score (nSPS) is 30.8. The van der Waals surface area contributed by atoms with Crippen LogP contribution in [-0.2, 0) is 0 Å². The number of fused-ring (bicyclic) bond motifs is 4. The minimum Gasteiger partial charge on any atom is -0.359 e. The molecule has 0 aromatic heterocycles. The lowest BCUT2D eigenvalue weighted by molar-refractivity contribution is 0.326. The predicted octanol–water partition coefficient (Wildman–Crippen LogP) is 2.44. The second kappa shape index (κ2) is 5.26. The van der Waals surface area contributed by atoms with Crippen LogP contribution in [0.2, 0.25) is 0 Å². The number of amidine groups is 1. The van der Waals surface area contributed by atoms with Gasteiger partial charge in [0.05, 0.1) is 0 Å². The fourth-order valence-electron chi connectivity index (χ4n) is 2.61. The predicted molar refractivity (Wildman–Crippen MR) is 65.8 cm³/mol. The summed E-state index contributed by atoms with van der Waals surface area (Å²) in [7, 11) is 0. The molecule has 1 saturated carbocycles. The molecule has 1 N–H and O–H groups in total. The molecule has 0 aromatic rings. The van der Waals surface area contributed by atoms with Crippen molar-refractivity contribution in [3.05, 3.63) is 0 Å². The van der Waals surface area contributed by atoms with Crippen molar-refractivity contribution in [1.82, 2.24) is 4.90 Å². The lowest BCUT2D eigenvalue weighted by Crippen LogP contribution is -2.35. The molecular weight excluding hydrogens is 216 g/mol. The lowest BCUT2D eigenvalue weighted by Gasteiger charge is -2.24. The van der Waals surface area contributed by atoms with Gasteiger partial charge in [0.2, 0.25) is 0 Å². The van der Waals surface area contributed by atoms with Crippen LogP contribution < -0.4 is 0 Å². The Morgan fingerprint density at radius 1 is 1.14 bits per heavy atom. The molecule has 0 unspecified atom stereocenters. The van der Waals surface area contributed by atoms with Crippen LogP contribution in [0.25, 0.3) is 0 Å². The Labute approximate surface area is 97.8 Å². The van der Waals surface area contributed by atoms with E-state index in [-0.39, 0.29) is 12.4 Å². The molecule has 3 aliphatic rings. The summed E-state index contributed by atoms with van der Waals surface area (Å²) < 4.78 is 0. The first kappa shape index (κ1) is 12.2. The van der Waals surface area contributed by atoms with Gasteiger partial charge in [-0.25, -0.2) is 0 Å². The van der Waals surface area contributed by atoms with E-state index in [9.17, 15) is 0 Å². The van der Waals surface area contributed by atoms with Gasteiger partial charge in [0.15, 0.2) is 0 Å². The molecular formula is C10H19ClN2S. The molecule has 2 heterocycles. The highest BCUT2D eigenvalue weighted by molar-refractivity contribution is 7.81. The number of rotatable bonds is 1. The van der Waals surface area contributed by atoms with E-state index in [2.05, 4.69) is 17.5 Å². The number of nitrogens with one attached hydrogen (secondary N) is 1. The van der Waals surface area contributed by atoms with Gasteiger partial charge in [0.1, 0.15) is 5.84 Å². The van der Waals surface area contributed by atoms with Crippen LogP contribution in [-0.4, -0.2) is 29.6 Å². The second-order valence-electron chi connectivity index (χ2n) is 4.40. The maximum atomic E-state index is 7.79. The van der Waals surface area contributed by atoms with E-state index in [0.29, 0.717) is 5.75 Å². The molecule has 2 nitrogen and oxygen atoms in total. The zero-order chi connectivity index (χ0) is 9.26. The molecule has 82 valence electrons. The average molecular weight is 235 g/mol. The van der Waals surface area contributed by atoms with Crippen molar-refractivity contribution in [2.75, 3.05) is 18.8 Å². The Kier molecular flexibility index (Phi) is 4.58. The standard InChI is InChI=1S/C10H18N2S.ClH/c11-10(7-13)12-5-8-1-2-9(6-12)4-3-8;/h8-9,11,13H,1-7H2;1H. The van der Waals surface area contributed by atoms with E-state index in [1.807, 2.05) is 0 Å². The molecule has 2 saturated heterocycles. The summed E-state index contributed by atoms with van der Waals surface area (Å²) in [6.07, 6.45) is 5.56. The largest absolute Gasteiger partial charge is 0.359 e. The van der Waals surface area contributed by atoms with Crippen molar-refractivity contribution in [3.8, 4) is 0 Å². The molecule has 2 bridgehead atoms. The first-order valence-electron chi connectivity index (χ1n) is 5.23. The van der Waals surface area contributed by atoms with E-state index < -0.39 is 0 Å². The van der Waals surface area contributed by atoms with Crippen LogP contribution in [0.1, 0.15) is 25.7 Å². The highest BCUT2D eigenvalue weighted by atomic mass is 35.5. The van der Waals surface area contributed by atoms with Gasteiger partial charge in [-0.3, -0.25) is 5.41 Å². The molecule has 1 aliphatic carbocycles. The summed E-state index contributed by atoms with van der Waals surface area (Å²) in [5.74, 6) is 3.04. The van der Waals surface area contributed by atoms with Gasteiger partial charge in [-0.2, -0.15) is 12.6 Å². The van der Waals surface area contributed by atoms with Crippen molar-refractivity contribution >= 4 is 30.9 Å². The number of halogens is 1. The van der Waals surface area contributed by atoms with Crippen LogP contribution >= 0.6 is 25.0 Å². The molecule has 0 aromatic carbocycles. The molecule has 3 fully saturated rings. The Morgan fingerprint density at radius 3 is 1.93 bits per heavy atom. The summed E-state index contributed by atoms with van der Waals surface area (Å²) >= 11 is 4.17. The van der Waals surface area contributed by atoms with Gasteiger partial charge in [0, 0.05) is 18.8 Å². The molecule has 0 amide bonds. The van der Waals surface area contributed by atoms with Gasteiger partial charge in [-0.05, 0) is 37.5 Å². The summed E-state index contributed by atoms with van der Waals surface area (Å²) in [6.45, 7) is 2.24. The minimum absolute atomic E-state index is 0. The first-order valence-corrected chi connectivity index (χ1v) is 5.86. The van der Waals surface area contributed by atoms with Gasteiger partial charge < -0.3 is 4.90 Å². The van der Waals surface area contributed by atoms with E-state index in [1.54, 1.807) is 0 Å². The third-order valence-corrected chi connectivity index (χ3v) is 3.75. The summed E-state index contributed by atoms with van der Waals surface area (Å²) in [5.41, 5.74) is 0. The maximum Gasteiger partial charge on any atom is 0.106 e. The van der Waals surface area contributed by atoms with Crippen LogP contribution in [0, 0.1) is 17.2 Å². The minimum atomic E-state index is 0. The van der Waals surface area contributed by atoms with E-state index >= 15 is 0 Å². The lowest BCUT2D eigenvalue weighted by atomic mass is 9.84. The van der Waals surface area contributed by atoms with Crippen molar-refractivity contribution in [3.63, 3.8) is 0 Å². The van der Waals surface area contributed by atoms with Crippen LogP contribution in [0.3, 0.4) is 0 Å². The second-order valence-corrected chi connectivity index (χ2v) is 4.71. The molecule has 3 rings (SSSR count). The quantitative estimate of drug-likeness (QED) is 0.407. The Hall–Kier alpha value is 0.110. The fraction of sp³-hybridized carbons (Fsp3) is 0.900. The molecule has 0 spiro atoms. The Balaban J connectivity index is 0.000000980. The van der Waals surface area contributed by atoms with Crippen LogP contribution in [0.4, 0.5) is 0 Å². The summed E-state index contributed by atoms with van der Waals surface area (Å²) in [6, 6.07) is 0. The van der Waals surface area contributed by atoms with Gasteiger partial charge >= 0.3 is 0 Å². The number of thiol groups is 1. The van der Waals surface area contributed by atoms with E-state index in [1.165, 1.54) is 25.7 Å². The van der Waals surface area contributed by atoms with Gasteiger partial charge in [-0.15, -0.1) is 12.4 Å². The fourth-order valence-corrected chi connectivity index (χ4v) is 2.81. The number of hydrogen-bond acceptors (Lipinski definition) is 2. The first-order chi connectivity index (χ1) is 6.29. The number of hydrogen-bond donors (Lipinski definition) is 2. The molecule has 14 heavy (non-hydrogen) atoms. The van der Waals surface area contributed by atoms with Crippen molar-refractivity contribution < 1.29 is 0 Å². The van der Waals surface area contributed by atoms with Crippen molar-refractivity contribution in [2.45, 2.75) is 25.7 Å². The maximum absolute atomic E-state index is 7.79. The van der Waals surface area contributed by atoms with Crippen LogP contribution in [0.15, 0.2) is 0 Å². The zero-order valence-electron chi connectivity index (χ0n) is 8.41. The monoisotopic (exact) mass is 234 g/mol. The molecule has 0 radical (unpaired) electrons. The summed E-state index contributed by atoms with van der Waals surface area (Å²) in [5, 5.41) is 7.79. The SMILES string of the molecule is Cl.N=C(CS)N1CC2CCC(CC2)C1. The zero-order valence-corrected chi connectivity index (χ0v) is 10.1.